The van der Waals surface area contributed by atoms with Crippen LogP contribution < -0.4 is 15.5 Å². The van der Waals surface area contributed by atoms with Gasteiger partial charge < -0.3 is 15.5 Å². The highest BCUT2D eigenvalue weighted by molar-refractivity contribution is 7.80. The van der Waals surface area contributed by atoms with Crippen LogP contribution in [0.1, 0.15) is 24.8 Å². The number of benzene rings is 1. The number of non-ortho nitro benzene ring substituents is 1. The number of thiocarbonyl (C=S) groups is 1. The minimum Gasteiger partial charge on any atom is -0.367 e. The summed E-state index contributed by atoms with van der Waals surface area (Å²) in [6, 6.07) is 4.38. The first-order chi connectivity index (χ1) is 11.9. The molecule has 1 aromatic carbocycles. The molecule has 1 atom stereocenters. The number of hydrogen-bond acceptors (Lipinski definition) is 6. The standard InChI is InChI=1S/C16H16N4O4S/c21-13-16(14(22)18-15(25)17-13)8-9-7-10(20(23)24)4-5-11(9)19-6-2-1-3-12(16)19/h4-5,7,12H,1-3,6,8H2,(H2,17,18,21,22,25). The molecule has 0 aliphatic carbocycles. The minimum atomic E-state index is -1.31. The molecule has 2 saturated heterocycles. The minimum absolute atomic E-state index is 0.00724. The molecule has 1 aromatic rings. The molecule has 4 rings (SSSR count). The highest BCUT2D eigenvalue weighted by Crippen LogP contribution is 2.47. The first-order valence-electron chi connectivity index (χ1n) is 8.14. The van der Waals surface area contributed by atoms with Crippen LogP contribution in [-0.4, -0.2) is 34.4 Å². The molecule has 0 saturated carbocycles. The number of amides is 2. The molecule has 2 fully saturated rings. The van der Waals surface area contributed by atoms with E-state index in [2.05, 4.69) is 15.5 Å². The molecule has 130 valence electrons. The number of nitro benzene ring substituents is 1. The lowest BCUT2D eigenvalue weighted by Gasteiger charge is -2.52. The Bertz CT molecular complexity index is 804. The monoisotopic (exact) mass is 360 g/mol. The fourth-order valence-electron chi connectivity index (χ4n) is 4.28. The van der Waals surface area contributed by atoms with Crippen molar-refractivity contribution >= 4 is 40.5 Å². The van der Waals surface area contributed by atoms with Crippen LogP contribution in [0.5, 0.6) is 0 Å². The Labute approximate surface area is 148 Å². The van der Waals surface area contributed by atoms with E-state index in [9.17, 15) is 19.7 Å². The van der Waals surface area contributed by atoms with Gasteiger partial charge in [0, 0.05) is 30.8 Å². The third kappa shape index (κ3) is 2.22. The lowest BCUT2D eigenvalue weighted by molar-refractivity contribution is -0.384. The zero-order valence-corrected chi connectivity index (χ0v) is 14.1. The summed E-state index contributed by atoms with van der Waals surface area (Å²) in [5, 5.41) is 16.3. The van der Waals surface area contributed by atoms with Gasteiger partial charge in [0.15, 0.2) is 10.5 Å². The van der Waals surface area contributed by atoms with Gasteiger partial charge >= 0.3 is 0 Å². The third-order valence-electron chi connectivity index (χ3n) is 5.39. The van der Waals surface area contributed by atoms with Gasteiger partial charge in [-0.3, -0.25) is 19.7 Å². The van der Waals surface area contributed by atoms with E-state index in [1.807, 2.05) is 0 Å². The number of carbonyl (C=O) groups is 2. The summed E-state index contributed by atoms with van der Waals surface area (Å²) in [5.41, 5.74) is 0.155. The van der Waals surface area contributed by atoms with E-state index in [1.54, 1.807) is 6.07 Å². The van der Waals surface area contributed by atoms with Gasteiger partial charge in [0.2, 0.25) is 11.8 Å². The largest absolute Gasteiger partial charge is 0.367 e. The summed E-state index contributed by atoms with van der Waals surface area (Å²) < 4.78 is 0. The topological polar surface area (TPSA) is 105 Å². The molecule has 25 heavy (non-hydrogen) atoms. The second-order valence-electron chi connectivity index (χ2n) is 6.66. The number of rotatable bonds is 1. The molecule has 8 nitrogen and oxygen atoms in total. The van der Waals surface area contributed by atoms with E-state index >= 15 is 0 Å². The Morgan fingerprint density at radius 1 is 1.24 bits per heavy atom. The summed E-state index contributed by atoms with van der Waals surface area (Å²) in [6.07, 6.45) is 2.72. The van der Waals surface area contributed by atoms with Gasteiger partial charge in [-0.25, -0.2) is 0 Å². The first kappa shape index (κ1) is 15.9. The predicted molar refractivity (Wildman–Crippen MR) is 93.1 cm³/mol. The average Bonchev–Trinajstić information content (AvgIpc) is 2.58. The van der Waals surface area contributed by atoms with Crippen LogP contribution in [0, 0.1) is 15.5 Å². The van der Waals surface area contributed by atoms with Crippen molar-refractivity contribution in [3.05, 3.63) is 33.9 Å². The number of nitrogens with one attached hydrogen (secondary N) is 2. The quantitative estimate of drug-likeness (QED) is 0.335. The van der Waals surface area contributed by atoms with Gasteiger partial charge in [-0.2, -0.15) is 0 Å². The van der Waals surface area contributed by atoms with Crippen molar-refractivity contribution in [3.8, 4) is 0 Å². The fraction of sp³-hybridized carbons (Fsp3) is 0.438. The van der Waals surface area contributed by atoms with Gasteiger partial charge in [-0.15, -0.1) is 0 Å². The Balaban J connectivity index is 1.88. The Morgan fingerprint density at radius 2 is 1.96 bits per heavy atom. The van der Waals surface area contributed by atoms with Crippen molar-refractivity contribution in [2.24, 2.45) is 5.41 Å². The lowest BCUT2D eigenvalue weighted by Crippen LogP contribution is -2.71. The smallest absolute Gasteiger partial charge is 0.269 e. The van der Waals surface area contributed by atoms with Crippen LogP contribution in [0.15, 0.2) is 18.2 Å². The van der Waals surface area contributed by atoms with Crippen molar-refractivity contribution in [1.82, 2.24) is 10.6 Å². The van der Waals surface area contributed by atoms with E-state index in [0.29, 0.717) is 18.5 Å². The first-order valence-corrected chi connectivity index (χ1v) is 8.55. The second kappa shape index (κ2) is 5.48. The number of piperidine rings is 1. The van der Waals surface area contributed by atoms with Gasteiger partial charge in [0.05, 0.1) is 11.0 Å². The van der Waals surface area contributed by atoms with E-state index in [1.165, 1.54) is 12.1 Å². The Hall–Kier alpha value is -2.55. The Kier molecular flexibility index (Phi) is 3.50. The maximum absolute atomic E-state index is 12.9. The number of nitrogens with zero attached hydrogens (tertiary/aromatic N) is 2. The maximum atomic E-state index is 12.9. The van der Waals surface area contributed by atoms with Crippen molar-refractivity contribution in [2.75, 3.05) is 11.4 Å². The highest BCUT2D eigenvalue weighted by Gasteiger charge is 2.59. The van der Waals surface area contributed by atoms with Crippen molar-refractivity contribution in [2.45, 2.75) is 31.7 Å². The second-order valence-corrected chi connectivity index (χ2v) is 7.07. The third-order valence-corrected chi connectivity index (χ3v) is 5.59. The molecular formula is C16H16N4O4S. The van der Waals surface area contributed by atoms with E-state index < -0.39 is 22.2 Å². The maximum Gasteiger partial charge on any atom is 0.269 e. The van der Waals surface area contributed by atoms with Crippen molar-refractivity contribution < 1.29 is 14.5 Å². The number of fused-ring (bicyclic) bond motifs is 4. The van der Waals surface area contributed by atoms with E-state index in [4.69, 9.17) is 12.2 Å². The number of nitro groups is 1. The zero-order valence-electron chi connectivity index (χ0n) is 13.3. The lowest BCUT2D eigenvalue weighted by atomic mass is 9.66. The molecule has 1 spiro atoms. The highest BCUT2D eigenvalue weighted by atomic mass is 32.1. The van der Waals surface area contributed by atoms with Gasteiger partial charge in [-0.1, -0.05) is 0 Å². The zero-order chi connectivity index (χ0) is 17.8. The van der Waals surface area contributed by atoms with E-state index in [-0.39, 0.29) is 23.3 Å². The van der Waals surface area contributed by atoms with Crippen molar-refractivity contribution in [3.63, 3.8) is 0 Å². The molecular weight excluding hydrogens is 344 g/mol. The fourth-order valence-corrected chi connectivity index (χ4v) is 4.47. The van der Waals surface area contributed by atoms with Crippen LogP contribution in [0.3, 0.4) is 0 Å². The molecule has 9 heteroatoms. The molecule has 1 unspecified atom stereocenters. The molecule has 3 aliphatic heterocycles. The number of carbonyl (C=O) groups excluding carboxylic acids is 2. The van der Waals surface area contributed by atoms with Crippen molar-refractivity contribution in [1.29, 1.82) is 0 Å². The summed E-state index contributed by atoms with van der Waals surface area (Å²) in [5.74, 6) is -0.842. The van der Waals surface area contributed by atoms with Gasteiger partial charge in [0.1, 0.15) is 0 Å². The number of hydrogen-bond donors (Lipinski definition) is 2. The summed E-state index contributed by atoms with van der Waals surface area (Å²) >= 11 is 4.93. The average molecular weight is 360 g/mol. The Morgan fingerprint density at radius 3 is 2.64 bits per heavy atom. The van der Waals surface area contributed by atoms with Crippen LogP contribution in [-0.2, 0) is 16.0 Å². The van der Waals surface area contributed by atoms with Crippen LogP contribution in [0.4, 0.5) is 11.4 Å². The van der Waals surface area contributed by atoms with Gasteiger partial charge in [-0.05, 0) is 43.1 Å². The molecule has 0 radical (unpaired) electrons. The molecule has 3 heterocycles. The molecule has 0 aromatic heterocycles. The molecule has 2 amide bonds. The van der Waals surface area contributed by atoms with E-state index in [0.717, 1.165) is 18.5 Å². The van der Waals surface area contributed by atoms with Crippen LogP contribution in [0.25, 0.3) is 0 Å². The molecule has 2 N–H and O–H groups in total. The normalized spacial score (nSPS) is 24.2. The van der Waals surface area contributed by atoms with Gasteiger partial charge in [0.25, 0.3) is 5.69 Å². The SMILES string of the molecule is O=C1NC(=S)NC(=O)C12Cc1cc([N+](=O)[O-])ccc1N1CCCCC12. The summed E-state index contributed by atoms with van der Waals surface area (Å²) in [6.45, 7) is 0.711. The summed E-state index contributed by atoms with van der Waals surface area (Å²) in [7, 11) is 0. The number of anilines is 1. The molecule has 0 bridgehead atoms. The summed E-state index contributed by atoms with van der Waals surface area (Å²) in [4.78, 5) is 38.4. The molecule has 3 aliphatic rings. The van der Waals surface area contributed by atoms with Crippen LogP contribution in [0.2, 0.25) is 0 Å². The predicted octanol–water partition coefficient (Wildman–Crippen LogP) is 1.03. The van der Waals surface area contributed by atoms with Crippen LogP contribution >= 0.6 is 12.2 Å².